The highest BCUT2D eigenvalue weighted by molar-refractivity contribution is 14.1. The highest BCUT2D eigenvalue weighted by Gasteiger charge is 2.24. The molecule has 0 saturated carbocycles. The highest BCUT2D eigenvalue weighted by Crippen LogP contribution is 2.31. The summed E-state index contributed by atoms with van der Waals surface area (Å²) in [6, 6.07) is 23.0. The molecule has 0 N–H and O–H groups in total. The quantitative estimate of drug-likeness (QED) is 0.229. The summed E-state index contributed by atoms with van der Waals surface area (Å²) in [7, 11) is 0. The molecule has 0 aliphatic carbocycles. The Morgan fingerprint density at radius 1 is 0.968 bits per heavy atom. The van der Waals surface area contributed by atoms with Gasteiger partial charge in [0.25, 0.3) is 0 Å². The lowest BCUT2D eigenvalue weighted by Crippen LogP contribution is -2.05. The molecule has 6 heteroatoms. The molecule has 0 spiro atoms. The predicted molar refractivity (Wildman–Crippen MR) is 128 cm³/mol. The van der Waals surface area contributed by atoms with Crippen molar-refractivity contribution >= 4 is 40.5 Å². The molecule has 0 aromatic heterocycles. The van der Waals surface area contributed by atoms with E-state index in [1.165, 1.54) is 3.57 Å². The summed E-state index contributed by atoms with van der Waals surface area (Å²) in [6.07, 6.45) is 1.68. The van der Waals surface area contributed by atoms with Gasteiger partial charge in [-0.1, -0.05) is 36.4 Å². The Morgan fingerprint density at radius 3 is 2.48 bits per heavy atom. The third-order valence-electron chi connectivity index (χ3n) is 4.52. The van der Waals surface area contributed by atoms with Gasteiger partial charge < -0.3 is 14.2 Å². The molecule has 1 heterocycles. The van der Waals surface area contributed by atoms with Crippen molar-refractivity contribution in [2.45, 2.75) is 13.5 Å². The van der Waals surface area contributed by atoms with E-state index in [1.807, 2.05) is 79.7 Å². The number of ether oxygens (including phenoxy) is 3. The largest absolute Gasteiger partial charge is 0.490 e. The average molecular weight is 525 g/mol. The van der Waals surface area contributed by atoms with Crippen molar-refractivity contribution in [3.63, 3.8) is 0 Å². The van der Waals surface area contributed by atoms with E-state index in [1.54, 1.807) is 6.08 Å². The van der Waals surface area contributed by atoms with E-state index in [0.717, 1.165) is 16.7 Å². The summed E-state index contributed by atoms with van der Waals surface area (Å²) >= 11 is 2.27. The van der Waals surface area contributed by atoms with Crippen LogP contribution in [-0.4, -0.2) is 18.5 Å². The Labute approximate surface area is 194 Å². The number of aliphatic imine (C=N–C) groups is 1. The fraction of sp³-hybridized carbons (Fsp3) is 0.120. The van der Waals surface area contributed by atoms with Crippen molar-refractivity contribution in [3.8, 4) is 11.5 Å². The first kappa shape index (κ1) is 21.1. The zero-order valence-electron chi connectivity index (χ0n) is 16.9. The zero-order valence-corrected chi connectivity index (χ0v) is 19.0. The van der Waals surface area contributed by atoms with Crippen LogP contribution in [0.4, 0.5) is 0 Å². The van der Waals surface area contributed by atoms with Crippen molar-refractivity contribution in [1.29, 1.82) is 0 Å². The second kappa shape index (κ2) is 9.78. The first-order chi connectivity index (χ1) is 15.1. The van der Waals surface area contributed by atoms with E-state index in [4.69, 9.17) is 14.2 Å². The van der Waals surface area contributed by atoms with Crippen LogP contribution in [0.25, 0.3) is 6.08 Å². The van der Waals surface area contributed by atoms with Crippen molar-refractivity contribution in [2.24, 2.45) is 4.99 Å². The Hall–Kier alpha value is -3.13. The van der Waals surface area contributed by atoms with Gasteiger partial charge in [0.05, 0.1) is 6.61 Å². The van der Waals surface area contributed by atoms with Gasteiger partial charge in [0.15, 0.2) is 17.2 Å². The molecule has 4 rings (SSSR count). The van der Waals surface area contributed by atoms with Gasteiger partial charge in [0.1, 0.15) is 6.61 Å². The molecule has 0 atom stereocenters. The maximum absolute atomic E-state index is 12.3. The number of hydrogen-bond donors (Lipinski definition) is 0. The monoisotopic (exact) mass is 525 g/mol. The minimum atomic E-state index is -0.476. The Balaban J connectivity index is 1.55. The van der Waals surface area contributed by atoms with Gasteiger partial charge in [0, 0.05) is 9.13 Å². The molecule has 156 valence electrons. The van der Waals surface area contributed by atoms with E-state index in [-0.39, 0.29) is 5.70 Å². The van der Waals surface area contributed by atoms with Crippen LogP contribution in [-0.2, 0) is 16.1 Å². The Morgan fingerprint density at radius 2 is 1.74 bits per heavy atom. The number of esters is 1. The van der Waals surface area contributed by atoms with Crippen LogP contribution in [0.15, 0.2) is 83.5 Å². The minimum absolute atomic E-state index is 0.244. The van der Waals surface area contributed by atoms with E-state index in [9.17, 15) is 4.79 Å². The number of carbonyl (C=O) groups is 1. The van der Waals surface area contributed by atoms with Crippen LogP contribution in [0.1, 0.15) is 23.6 Å². The van der Waals surface area contributed by atoms with Gasteiger partial charge >= 0.3 is 5.97 Å². The first-order valence-corrected chi connectivity index (χ1v) is 10.9. The molecule has 3 aromatic rings. The lowest BCUT2D eigenvalue weighted by atomic mass is 10.1. The smallest absolute Gasteiger partial charge is 0.363 e. The second-order valence-electron chi connectivity index (χ2n) is 6.76. The first-order valence-electron chi connectivity index (χ1n) is 9.84. The number of hydrogen-bond acceptors (Lipinski definition) is 5. The third kappa shape index (κ3) is 5.32. The molecule has 1 aliphatic heterocycles. The van der Waals surface area contributed by atoms with E-state index in [2.05, 4.69) is 27.6 Å². The standard InChI is InChI=1S/C25H20INO4/c1-2-29-23-15-18(10-13-22(23)30-16-17-8-11-20(26)12-9-17)14-21-25(28)31-24(27-21)19-6-4-3-5-7-19/h3-15H,2,16H2,1H3/b21-14-. The Bertz CT molecular complexity index is 1140. The van der Waals surface area contributed by atoms with Crippen molar-refractivity contribution in [3.05, 3.63) is 98.8 Å². The fourth-order valence-corrected chi connectivity index (χ4v) is 3.37. The minimum Gasteiger partial charge on any atom is -0.490 e. The molecule has 0 unspecified atom stereocenters. The number of nitrogens with zero attached hydrogens (tertiary/aromatic N) is 1. The molecule has 5 nitrogen and oxygen atoms in total. The molecule has 31 heavy (non-hydrogen) atoms. The summed E-state index contributed by atoms with van der Waals surface area (Å²) < 4.78 is 18.2. The molecule has 0 amide bonds. The van der Waals surface area contributed by atoms with Crippen LogP contribution >= 0.6 is 22.6 Å². The lowest BCUT2D eigenvalue weighted by Gasteiger charge is -2.13. The number of carbonyl (C=O) groups excluding carboxylic acids is 1. The molecular formula is C25H20INO4. The molecule has 0 fully saturated rings. The molecule has 0 radical (unpaired) electrons. The number of rotatable bonds is 7. The Kier molecular flexibility index (Phi) is 6.66. The maximum atomic E-state index is 12.3. The highest BCUT2D eigenvalue weighted by atomic mass is 127. The van der Waals surface area contributed by atoms with E-state index >= 15 is 0 Å². The fourth-order valence-electron chi connectivity index (χ4n) is 3.01. The lowest BCUT2D eigenvalue weighted by molar-refractivity contribution is -0.129. The van der Waals surface area contributed by atoms with Crippen LogP contribution < -0.4 is 9.47 Å². The number of cyclic esters (lactones) is 1. The second-order valence-corrected chi connectivity index (χ2v) is 8.00. The van der Waals surface area contributed by atoms with E-state index in [0.29, 0.717) is 30.6 Å². The van der Waals surface area contributed by atoms with Gasteiger partial charge in [-0.2, -0.15) is 0 Å². The summed E-state index contributed by atoms with van der Waals surface area (Å²) in [4.78, 5) is 16.6. The molecule has 0 bridgehead atoms. The number of benzene rings is 3. The van der Waals surface area contributed by atoms with Crippen LogP contribution in [0.2, 0.25) is 0 Å². The average Bonchev–Trinajstić information content (AvgIpc) is 3.15. The van der Waals surface area contributed by atoms with Gasteiger partial charge in [-0.25, -0.2) is 9.79 Å². The van der Waals surface area contributed by atoms with Crippen molar-refractivity contribution in [1.82, 2.24) is 0 Å². The van der Waals surface area contributed by atoms with Crippen molar-refractivity contribution < 1.29 is 19.0 Å². The summed E-state index contributed by atoms with van der Waals surface area (Å²) in [5.41, 5.74) is 2.85. The molecule has 3 aromatic carbocycles. The number of halogens is 1. The van der Waals surface area contributed by atoms with Gasteiger partial charge in [-0.3, -0.25) is 0 Å². The maximum Gasteiger partial charge on any atom is 0.363 e. The third-order valence-corrected chi connectivity index (χ3v) is 5.24. The molecule has 1 aliphatic rings. The summed E-state index contributed by atoms with van der Waals surface area (Å²) in [5, 5.41) is 0. The summed E-state index contributed by atoms with van der Waals surface area (Å²) in [5.74, 6) is 1.08. The van der Waals surface area contributed by atoms with Gasteiger partial charge in [-0.15, -0.1) is 0 Å². The van der Waals surface area contributed by atoms with Crippen LogP contribution in [0, 0.1) is 3.57 Å². The van der Waals surface area contributed by atoms with Crippen LogP contribution in [0.3, 0.4) is 0 Å². The van der Waals surface area contributed by atoms with Gasteiger partial charge in [-0.05, 0) is 83.1 Å². The van der Waals surface area contributed by atoms with Gasteiger partial charge in [0.2, 0.25) is 5.90 Å². The zero-order chi connectivity index (χ0) is 21.6. The molecule has 0 saturated heterocycles. The van der Waals surface area contributed by atoms with E-state index < -0.39 is 5.97 Å². The SMILES string of the molecule is CCOc1cc(/C=C2\N=C(c3ccccc3)OC2=O)ccc1OCc1ccc(I)cc1. The summed E-state index contributed by atoms with van der Waals surface area (Å²) in [6.45, 7) is 2.85. The normalized spacial score (nSPS) is 14.3. The van der Waals surface area contributed by atoms with Crippen molar-refractivity contribution in [2.75, 3.05) is 6.61 Å². The predicted octanol–water partition coefficient (Wildman–Crippen LogP) is 5.61. The van der Waals surface area contributed by atoms with Crippen LogP contribution in [0.5, 0.6) is 11.5 Å². The topological polar surface area (TPSA) is 57.1 Å². The molecular weight excluding hydrogens is 505 g/mol.